The van der Waals surface area contributed by atoms with Gasteiger partial charge in [-0.05, 0) is 32.1 Å². The van der Waals surface area contributed by atoms with Crippen molar-refractivity contribution in [3.05, 3.63) is 0 Å². The maximum atomic E-state index is 7.57. The van der Waals surface area contributed by atoms with Crippen LogP contribution in [0, 0.1) is 5.92 Å². The lowest BCUT2D eigenvalue weighted by molar-refractivity contribution is 0.0230. The van der Waals surface area contributed by atoms with E-state index in [2.05, 4.69) is 13.8 Å². The lowest BCUT2D eigenvalue weighted by Crippen LogP contribution is -2.17. The highest BCUT2D eigenvalue weighted by Gasteiger charge is 2.13. The summed E-state index contributed by atoms with van der Waals surface area (Å²) in [7, 11) is 0. The van der Waals surface area contributed by atoms with Gasteiger partial charge in [-0.25, -0.2) is 0 Å². The largest absolute Gasteiger partial charge is 0.397 e. The van der Waals surface area contributed by atoms with E-state index >= 15 is 0 Å². The molecule has 1 N–H and O–H groups in total. The van der Waals surface area contributed by atoms with E-state index in [-0.39, 0.29) is 6.61 Å². The van der Waals surface area contributed by atoms with Gasteiger partial charge in [0.15, 0.2) is 0 Å². The van der Waals surface area contributed by atoms with Crippen LogP contribution in [0.15, 0.2) is 0 Å². The third kappa shape index (κ3) is 10.2. The zero-order valence-corrected chi connectivity index (χ0v) is 10.7. The summed E-state index contributed by atoms with van der Waals surface area (Å²) in [6.45, 7) is 7.41. The molecule has 0 heterocycles. The average molecular weight is 216 g/mol. The molecule has 0 aromatic carbocycles. The summed E-state index contributed by atoms with van der Waals surface area (Å²) in [5, 5.41) is 7.57. The first kappa shape index (κ1) is 14.9. The molecule has 0 bridgehead atoms. The van der Waals surface area contributed by atoms with E-state index in [0.717, 1.165) is 12.5 Å². The van der Waals surface area contributed by atoms with E-state index in [0.29, 0.717) is 6.10 Å². The molecule has 15 heavy (non-hydrogen) atoms. The van der Waals surface area contributed by atoms with Gasteiger partial charge in [-0.3, -0.25) is 0 Å². The Morgan fingerprint density at radius 3 is 2.20 bits per heavy atom. The topological polar surface area (TPSA) is 29.5 Å². The standard InChI is InChI=1S/C11H22O.C2H6O/c1-10(2)8-9-12-11-6-4-3-5-7-11;1-2-3/h10-11H,3-9H2,1-2H3;3H,2H2,1H3. The predicted octanol–water partition coefficient (Wildman–Crippen LogP) is 3.38. The van der Waals surface area contributed by atoms with Crippen LogP contribution in [0.5, 0.6) is 0 Å². The van der Waals surface area contributed by atoms with Crippen LogP contribution < -0.4 is 0 Å². The van der Waals surface area contributed by atoms with E-state index in [1.54, 1.807) is 6.92 Å². The molecule has 0 amide bonds. The molecule has 0 saturated heterocycles. The average Bonchev–Trinajstić information content (AvgIpc) is 2.20. The Hall–Kier alpha value is -0.0800. The Kier molecular flexibility index (Phi) is 10.4. The molecule has 0 aliphatic heterocycles. The molecule has 1 fully saturated rings. The van der Waals surface area contributed by atoms with Crippen LogP contribution >= 0.6 is 0 Å². The molecule has 2 nitrogen and oxygen atoms in total. The number of ether oxygens (including phenoxy) is 1. The smallest absolute Gasteiger partial charge is 0.0575 e. The van der Waals surface area contributed by atoms with E-state index < -0.39 is 0 Å². The Morgan fingerprint density at radius 2 is 1.73 bits per heavy atom. The van der Waals surface area contributed by atoms with Crippen molar-refractivity contribution in [2.75, 3.05) is 13.2 Å². The third-order valence-corrected chi connectivity index (χ3v) is 2.60. The summed E-state index contributed by atoms with van der Waals surface area (Å²) >= 11 is 0. The Labute approximate surface area is 95.0 Å². The van der Waals surface area contributed by atoms with Gasteiger partial charge >= 0.3 is 0 Å². The van der Waals surface area contributed by atoms with Crippen LogP contribution in [0.2, 0.25) is 0 Å². The summed E-state index contributed by atoms with van der Waals surface area (Å²) in [6.07, 6.45) is 8.60. The number of hydrogen-bond donors (Lipinski definition) is 1. The normalized spacial score (nSPS) is 17.4. The van der Waals surface area contributed by atoms with Crippen molar-refractivity contribution in [2.45, 2.75) is 65.4 Å². The van der Waals surface area contributed by atoms with Crippen molar-refractivity contribution in [1.82, 2.24) is 0 Å². The van der Waals surface area contributed by atoms with Crippen LogP contribution in [0.1, 0.15) is 59.3 Å². The van der Waals surface area contributed by atoms with Crippen LogP contribution in [0.4, 0.5) is 0 Å². The molecule has 0 aromatic rings. The third-order valence-electron chi connectivity index (χ3n) is 2.60. The molecule has 0 radical (unpaired) electrons. The highest BCUT2D eigenvalue weighted by atomic mass is 16.5. The molecule has 1 rings (SSSR count). The van der Waals surface area contributed by atoms with Gasteiger partial charge in [0.2, 0.25) is 0 Å². The summed E-state index contributed by atoms with van der Waals surface area (Å²) in [5.74, 6) is 0.786. The predicted molar refractivity (Wildman–Crippen MR) is 65.0 cm³/mol. The Bertz CT molecular complexity index is 118. The first-order chi connectivity index (χ1) is 7.20. The summed E-state index contributed by atoms with van der Waals surface area (Å²) in [5.41, 5.74) is 0. The fraction of sp³-hybridized carbons (Fsp3) is 1.00. The van der Waals surface area contributed by atoms with E-state index in [9.17, 15) is 0 Å². The molecule has 1 aliphatic rings. The second-order valence-electron chi connectivity index (χ2n) is 4.63. The summed E-state index contributed by atoms with van der Waals surface area (Å²) in [4.78, 5) is 0. The second-order valence-corrected chi connectivity index (χ2v) is 4.63. The fourth-order valence-corrected chi connectivity index (χ4v) is 1.70. The van der Waals surface area contributed by atoms with Gasteiger partial charge in [-0.15, -0.1) is 0 Å². The first-order valence-corrected chi connectivity index (χ1v) is 6.43. The molecule has 0 unspecified atom stereocenters. The zero-order chi connectivity index (χ0) is 11.5. The highest BCUT2D eigenvalue weighted by Crippen LogP contribution is 2.20. The lowest BCUT2D eigenvalue weighted by Gasteiger charge is -2.22. The minimum atomic E-state index is 0.250. The van der Waals surface area contributed by atoms with Crippen LogP contribution in [-0.2, 0) is 4.74 Å². The van der Waals surface area contributed by atoms with E-state index in [1.807, 2.05) is 0 Å². The van der Waals surface area contributed by atoms with Crippen molar-refractivity contribution in [1.29, 1.82) is 0 Å². The van der Waals surface area contributed by atoms with Gasteiger partial charge in [0, 0.05) is 13.2 Å². The first-order valence-electron chi connectivity index (χ1n) is 6.43. The van der Waals surface area contributed by atoms with Gasteiger partial charge in [0.1, 0.15) is 0 Å². The van der Waals surface area contributed by atoms with Gasteiger partial charge in [-0.2, -0.15) is 0 Å². The maximum Gasteiger partial charge on any atom is 0.0575 e. The molecular weight excluding hydrogens is 188 g/mol. The van der Waals surface area contributed by atoms with Crippen molar-refractivity contribution in [3.8, 4) is 0 Å². The van der Waals surface area contributed by atoms with Crippen molar-refractivity contribution >= 4 is 0 Å². The van der Waals surface area contributed by atoms with Gasteiger partial charge in [0.05, 0.1) is 6.10 Å². The molecular formula is C13H28O2. The Balaban J connectivity index is 0.000000583. The molecule has 92 valence electrons. The number of aliphatic hydroxyl groups excluding tert-OH is 1. The van der Waals surface area contributed by atoms with Gasteiger partial charge < -0.3 is 9.84 Å². The Morgan fingerprint density at radius 1 is 1.20 bits per heavy atom. The minimum Gasteiger partial charge on any atom is -0.397 e. The van der Waals surface area contributed by atoms with Crippen molar-refractivity contribution in [2.24, 2.45) is 5.92 Å². The van der Waals surface area contributed by atoms with Gasteiger partial charge in [0.25, 0.3) is 0 Å². The maximum absolute atomic E-state index is 7.57. The fourth-order valence-electron chi connectivity index (χ4n) is 1.70. The monoisotopic (exact) mass is 216 g/mol. The van der Waals surface area contributed by atoms with Crippen LogP contribution in [0.3, 0.4) is 0 Å². The van der Waals surface area contributed by atoms with Crippen LogP contribution in [0.25, 0.3) is 0 Å². The lowest BCUT2D eigenvalue weighted by atomic mass is 9.98. The molecule has 0 atom stereocenters. The number of aliphatic hydroxyl groups is 1. The second kappa shape index (κ2) is 10.4. The quantitative estimate of drug-likeness (QED) is 0.780. The number of rotatable bonds is 4. The minimum absolute atomic E-state index is 0.250. The van der Waals surface area contributed by atoms with Crippen molar-refractivity contribution < 1.29 is 9.84 Å². The molecule has 1 aliphatic carbocycles. The molecule has 1 saturated carbocycles. The zero-order valence-electron chi connectivity index (χ0n) is 10.7. The molecule has 0 aromatic heterocycles. The molecule has 2 heteroatoms. The SMILES string of the molecule is CC(C)CCOC1CCCCC1.CCO. The number of hydrogen-bond acceptors (Lipinski definition) is 2. The van der Waals surface area contributed by atoms with E-state index in [1.165, 1.54) is 38.5 Å². The molecule has 0 spiro atoms. The summed E-state index contributed by atoms with van der Waals surface area (Å²) in [6, 6.07) is 0. The van der Waals surface area contributed by atoms with E-state index in [4.69, 9.17) is 9.84 Å². The van der Waals surface area contributed by atoms with Crippen LogP contribution in [-0.4, -0.2) is 24.4 Å². The van der Waals surface area contributed by atoms with Gasteiger partial charge in [-0.1, -0.05) is 33.1 Å². The highest BCUT2D eigenvalue weighted by molar-refractivity contribution is 4.64. The van der Waals surface area contributed by atoms with Crippen molar-refractivity contribution in [3.63, 3.8) is 0 Å². The summed E-state index contributed by atoms with van der Waals surface area (Å²) < 4.78 is 5.79.